The summed E-state index contributed by atoms with van der Waals surface area (Å²) >= 11 is 5.84. The number of ether oxygens (including phenoxy) is 1. The maximum absolute atomic E-state index is 12.4. The molecule has 2 aromatic carbocycles. The van der Waals surface area contributed by atoms with Crippen molar-refractivity contribution >= 4 is 29.3 Å². The molecule has 7 nitrogen and oxygen atoms in total. The molecule has 0 aliphatic carbocycles. The maximum atomic E-state index is 12.4. The van der Waals surface area contributed by atoms with Gasteiger partial charge in [-0.3, -0.25) is 14.8 Å². The van der Waals surface area contributed by atoms with Gasteiger partial charge in [-0.2, -0.15) is 5.10 Å². The van der Waals surface area contributed by atoms with E-state index in [1.807, 2.05) is 26.0 Å². The first kappa shape index (κ1) is 21.4. The average molecular weight is 427 g/mol. The van der Waals surface area contributed by atoms with E-state index in [0.717, 1.165) is 11.1 Å². The molecular weight excluding hydrogens is 404 g/mol. The highest BCUT2D eigenvalue weighted by molar-refractivity contribution is 6.30. The van der Waals surface area contributed by atoms with Crippen LogP contribution in [0, 0.1) is 0 Å². The minimum absolute atomic E-state index is 0.151. The third-order valence-corrected chi connectivity index (χ3v) is 4.79. The number of anilines is 1. The largest absolute Gasteiger partial charge is 0.444 e. The zero-order valence-electron chi connectivity index (χ0n) is 16.8. The van der Waals surface area contributed by atoms with Crippen LogP contribution in [0.4, 0.5) is 10.5 Å². The van der Waals surface area contributed by atoms with Gasteiger partial charge in [0.25, 0.3) is 5.91 Å². The third-order valence-electron chi connectivity index (χ3n) is 4.54. The van der Waals surface area contributed by atoms with Crippen LogP contribution in [-0.4, -0.2) is 21.8 Å². The van der Waals surface area contributed by atoms with Gasteiger partial charge in [0.1, 0.15) is 12.3 Å². The molecule has 8 heteroatoms. The number of amides is 2. The molecule has 1 atom stereocenters. The number of carbonyl (C=O) groups is 2. The summed E-state index contributed by atoms with van der Waals surface area (Å²) in [5.74, 6) is -0.185. The first-order valence-corrected chi connectivity index (χ1v) is 9.95. The molecule has 0 radical (unpaired) electrons. The number of nitrogens with zero attached hydrogens (tertiary/aromatic N) is 2. The lowest BCUT2D eigenvalue weighted by atomic mass is 10.1. The van der Waals surface area contributed by atoms with Crippen LogP contribution in [0.5, 0.6) is 0 Å². The topological polar surface area (TPSA) is 85.3 Å². The Morgan fingerprint density at radius 1 is 1.10 bits per heavy atom. The molecule has 0 fully saturated rings. The lowest BCUT2D eigenvalue weighted by molar-refractivity contribution is 0.0929. The van der Waals surface area contributed by atoms with Crippen molar-refractivity contribution in [2.24, 2.45) is 0 Å². The van der Waals surface area contributed by atoms with E-state index in [1.165, 1.54) is 0 Å². The zero-order valence-corrected chi connectivity index (χ0v) is 17.5. The monoisotopic (exact) mass is 426 g/mol. The Morgan fingerprint density at radius 2 is 1.80 bits per heavy atom. The normalized spacial score (nSPS) is 11.6. The van der Waals surface area contributed by atoms with E-state index in [2.05, 4.69) is 15.7 Å². The van der Waals surface area contributed by atoms with Crippen molar-refractivity contribution in [1.82, 2.24) is 15.1 Å². The molecule has 2 N–H and O–H groups in total. The van der Waals surface area contributed by atoms with E-state index in [-0.39, 0.29) is 18.6 Å². The Balaban J connectivity index is 1.51. The van der Waals surface area contributed by atoms with Crippen molar-refractivity contribution in [2.75, 3.05) is 5.32 Å². The van der Waals surface area contributed by atoms with Gasteiger partial charge in [0.15, 0.2) is 0 Å². The number of nitrogens with one attached hydrogen (secondary N) is 2. The molecule has 2 amide bonds. The molecule has 0 bridgehead atoms. The van der Waals surface area contributed by atoms with Crippen LogP contribution in [0.3, 0.4) is 0 Å². The molecule has 0 aliphatic rings. The highest BCUT2D eigenvalue weighted by atomic mass is 35.5. The Labute approximate surface area is 180 Å². The van der Waals surface area contributed by atoms with Crippen molar-refractivity contribution in [3.63, 3.8) is 0 Å². The highest BCUT2D eigenvalue weighted by Crippen LogP contribution is 2.17. The summed E-state index contributed by atoms with van der Waals surface area (Å²) in [4.78, 5) is 24.4. The summed E-state index contributed by atoms with van der Waals surface area (Å²) < 4.78 is 6.85. The second-order valence-corrected chi connectivity index (χ2v) is 7.11. The summed E-state index contributed by atoms with van der Waals surface area (Å²) in [5, 5.41) is 10.4. The average Bonchev–Trinajstić information content (AvgIpc) is 3.23. The second-order valence-electron chi connectivity index (χ2n) is 6.68. The van der Waals surface area contributed by atoms with Gasteiger partial charge < -0.3 is 10.1 Å². The van der Waals surface area contributed by atoms with Crippen LogP contribution >= 0.6 is 11.6 Å². The van der Waals surface area contributed by atoms with Crippen molar-refractivity contribution in [3.8, 4) is 0 Å². The lowest BCUT2D eigenvalue weighted by Crippen LogP contribution is -2.28. The number of hydrogen-bond acceptors (Lipinski definition) is 4. The quantitative estimate of drug-likeness (QED) is 0.568. The Kier molecular flexibility index (Phi) is 7.08. The number of hydrogen-bond donors (Lipinski definition) is 2. The Hall–Kier alpha value is -3.32. The van der Waals surface area contributed by atoms with Gasteiger partial charge in [0.2, 0.25) is 0 Å². The second kappa shape index (κ2) is 9.93. The molecule has 3 aromatic rings. The van der Waals surface area contributed by atoms with Gasteiger partial charge in [-0.05, 0) is 55.3 Å². The molecule has 1 unspecified atom stereocenters. The zero-order chi connectivity index (χ0) is 21.5. The van der Waals surface area contributed by atoms with Crippen LogP contribution in [0.15, 0.2) is 60.8 Å². The predicted molar refractivity (Wildman–Crippen MR) is 115 cm³/mol. The smallest absolute Gasteiger partial charge is 0.411 e. The van der Waals surface area contributed by atoms with E-state index < -0.39 is 6.09 Å². The van der Waals surface area contributed by atoms with Crippen molar-refractivity contribution in [1.29, 1.82) is 0 Å². The SMILES string of the molecule is CCn1nccc1C(=O)NC(C)c1ccc(NC(=O)OCc2ccc(Cl)cc2)cc1. The third kappa shape index (κ3) is 5.61. The van der Waals surface area contributed by atoms with Crippen molar-refractivity contribution < 1.29 is 14.3 Å². The van der Waals surface area contributed by atoms with Crippen LogP contribution in [0.1, 0.15) is 41.5 Å². The van der Waals surface area contributed by atoms with E-state index in [4.69, 9.17) is 16.3 Å². The van der Waals surface area contributed by atoms with E-state index in [0.29, 0.717) is 22.9 Å². The summed E-state index contributed by atoms with van der Waals surface area (Å²) in [6.45, 7) is 4.60. The van der Waals surface area contributed by atoms with Gasteiger partial charge in [-0.15, -0.1) is 0 Å². The highest BCUT2D eigenvalue weighted by Gasteiger charge is 2.15. The molecule has 156 valence electrons. The van der Waals surface area contributed by atoms with E-state index >= 15 is 0 Å². The van der Waals surface area contributed by atoms with Crippen molar-refractivity contribution in [2.45, 2.75) is 33.0 Å². The first-order valence-electron chi connectivity index (χ1n) is 9.57. The lowest BCUT2D eigenvalue weighted by Gasteiger charge is -2.15. The number of aryl methyl sites for hydroxylation is 1. The standard InChI is InChI=1S/C22H23ClN4O3/c1-3-27-20(12-13-24-27)21(28)25-15(2)17-6-10-19(11-7-17)26-22(29)30-14-16-4-8-18(23)9-5-16/h4-13,15H,3,14H2,1-2H3,(H,25,28)(H,26,29). The fourth-order valence-electron chi connectivity index (χ4n) is 2.87. The molecular formula is C22H23ClN4O3. The van der Waals surface area contributed by atoms with Crippen LogP contribution in [0.2, 0.25) is 5.02 Å². The molecule has 3 rings (SSSR count). The maximum Gasteiger partial charge on any atom is 0.411 e. The van der Waals surface area contributed by atoms with Gasteiger partial charge in [-0.25, -0.2) is 4.79 Å². The summed E-state index contributed by atoms with van der Waals surface area (Å²) in [5.41, 5.74) is 2.87. The van der Waals surface area contributed by atoms with Gasteiger partial charge in [-0.1, -0.05) is 35.9 Å². The molecule has 30 heavy (non-hydrogen) atoms. The fourth-order valence-corrected chi connectivity index (χ4v) is 3.00. The first-order chi connectivity index (χ1) is 14.5. The molecule has 0 aliphatic heterocycles. The summed E-state index contributed by atoms with van der Waals surface area (Å²) in [6.07, 6.45) is 1.06. The number of halogens is 1. The predicted octanol–water partition coefficient (Wildman–Crippen LogP) is 4.80. The van der Waals surface area contributed by atoms with E-state index in [1.54, 1.807) is 53.3 Å². The molecule has 1 aromatic heterocycles. The number of benzene rings is 2. The van der Waals surface area contributed by atoms with Crippen LogP contribution in [-0.2, 0) is 17.9 Å². The van der Waals surface area contributed by atoms with Gasteiger partial charge in [0, 0.05) is 23.5 Å². The molecule has 0 saturated heterocycles. The molecule has 1 heterocycles. The van der Waals surface area contributed by atoms with Gasteiger partial charge >= 0.3 is 6.09 Å². The fraction of sp³-hybridized carbons (Fsp3) is 0.227. The van der Waals surface area contributed by atoms with Crippen LogP contribution in [0.25, 0.3) is 0 Å². The Morgan fingerprint density at radius 3 is 2.47 bits per heavy atom. The van der Waals surface area contributed by atoms with Crippen molar-refractivity contribution in [3.05, 3.63) is 82.6 Å². The number of carbonyl (C=O) groups excluding carboxylic acids is 2. The minimum atomic E-state index is -0.549. The van der Waals surface area contributed by atoms with Gasteiger partial charge in [0.05, 0.1) is 6.04 Å². The number of aromatic nitrogens is 2. The Bertz CT molecular complexity index is 1000. The number of rotatable bonds is 7. The summed E-state index contributed by atoms with van der Waals surface area (Å²) in [6, 6.07) is 15.8. The summed E-state index contributed by atoms with van der Waals surface area (Å²) in [7, 11) is 0. The molecule has 0 saturated carbocycles. The van der Waals surface area contributed by atoms with Crippen LogP contribution < -0.4 is 10.6 Å². The van der Waals surface area contributed by atoms with E-state index in [9.17, 15) is 9.59 Å². The molecule has 0 spiro atoms. The minimum Gasteiger partial charge on any atom is -0.444 e.